The monoisotopic (exact) mass is 283 g/mol. The van der Waals surface area contributed by atoms with E-state index in [1.807, 2.05) is 0 Å². The zero-order valence-electron chi connectivity index (χ0n) is 10.6. The van der Waals surface area contributed by atoms with Gasteiger partial charge in [-0.3, -0.25) is 0 Å². The van der Waals surface area contributed by atoms with Crippen LogP contribution in [0.1, 0.15) is 10.4 Å². The predicted molar refractivity (Wildman–Crippen MR) is 67.6 cm³/mol. The standard InChI is InChI=1S/C13H17NO6/c14-9-11(17)10(16)8(6-15)19-13(9)20-12(18)7-4-2-1-3-5-7/h1-5,8-11,13,15-17H,6,14H2/t8-,9-,10-,11-,13?/m1/s1. The summed E-state index contributed by atoms with van der Waals surface area (Å²) in [5.41, 5.74) is 5.97. The van der Waals surface area contributed by atoms with Gasteiger partial charge in [-0.1, -0.05) is 18.2 Å². The number of aliphatic hydroxyl groups is 3. The fraction of sp³-hybridized carbons (Fsp3) is 0.462. The third kappa shape index (κ3) is 2.97. The normalized spacial score (nSPS) is 33.7. The van der Waals surface area contributed by atoms with Crippen molar-refractivity contribution < 1.29 is 29.6 Å². The Morgan fingerprint density at radius 1 is 1.25 bits per heavy atom. The molecule has 0 spiro atoms. The highest BCUT2D eigenvalue weighted by atomic mass is 16.7. The molecule has 1 fully saturated rings. The number of hydrogen-bond acceptors (Lipinski definition) is 7. The number of esters is 1. The SMILES string of the molecule is N[C@H]1C(OC(=O)c2ccccc2)O[C@H](CO)[C@@H](O)[C@@H]1O. The summed E-state index contributed by atoms with van der Waals surface area (Å²) in [6.45, 7) is -0.523. The van der Waals surface area contributed by atoms with Gasteiger partial charge in [0.25, 0.3) is 0 Å². The number of carbonyl (C=O) groups excluding carboxylic acids is 1. The Morgan fingerprint density at radius 2 is 1.90 bits per heavy atom. The molecule has 110 valence electrons. The summed E-state index contributed by atoms with van der Waals surface area (Å²) < 4.78 is 10.3. The number of carbonyl (C=O) groups is 1. The molecule has 7 nitrogen and oxygen atoms in total. The summed E-state index contributed by atoms with van der Waals surface area (Å²) in [4.78, 5) is 11.9. The third-order valence-electron chi connectivity index (χ3n) is 3.16. The smallest absolute Gasteiger partial charge is 0.340 e. The molecule has 1 unspecified atom stereocenters. The van der Waals surface area contributed by atoms with Crippen LogP contribution in [-0.4, -0.2) is 58.5 Å². The summed E-state index contributed by atoms with van der Waals surface area (Å²) >= 11 is 0. The molecular formula is C13H17NO6. The molecule has 1 saturated heterocycles. The molecule has 1 aromatic rings. The largest absolute Gasteiger partial charge is 0.430 e. The Hall–Kier alpha value is -1.51. The molecule has 1 aliphatic rings. The molecule has 1 heterocycles. The maximum Gasteiger partial charge on any atom is 0.340 e. The molecule has 1 aliphatic heterocycles. The topological polar surface area (TPSA) is 122 Å². The Morgan fingerprint density at radius 3 is 2.50 bits per heavy atom. The summed E-state index contributed by atoms with van der Waals surface area (Å²) in [6, 6.07) is 7.12. The van der Waals surface area contributed by atoms with Crippen LogP contribution in [0.5, 0.6) is 0 Å². The van der Waals surface area contributed by atoms with Crippen LogP contribution < -0.4 is 5.73 Å². The van der Waals surface area contributed by atoms with Crippen molar-refractivity contribution >= 4 is 5.97 Å². The van der Waals surface area contributed by atoms with E-state index in [1.54, 1.807) is 30.3 Å². The van der Waals surface area contributed by atoms with Crippen molar-refractivity contribution in [3.63, 3.8) is 0 Å². The van der Waals surface area contributed by atoms with E-state index in [4.69, 9.17) is 20.3 Å². The Bertz CT molecular complexity index is 451. The van der Waals surface area contributed by atoms with Crippen molar-refractivity contribution in [2.45, 2.75) is 30.6 Å². The third-order valence-corrected chi connectivity index (χ3v) is 3.16. The quantitative estimate of drug-likeness (QED) is 0.504. The van der Waals surface area contributed by atoms with E-state index >= 15 is 0 Å². The van der Waals surface area contributed by atoms with Crippen LogP contribution in [0.2, 0.25) is 0 Å². The number of ether oxygens (including phenoxy) is 2. The van der Waals surface area contributed by atoms with E-state index in [0.29, 0.717) is 5.56 Å². The first-order chi connectivity index (χ1) is 9.54. The zero-order chi connectivity index (χ0) is 14.7. The summed E-state index contributed by atoms with van der Waals surface area (Å²) in [7, 11) is 0. The Kier molecular flexibility index (Phi) is 4.69. The van der Waals surface area contributed by atoms with Crippen molar-refractivity contribution in [2.75, 3.05) is 6.61 Å². The van der Waals surface area contributed by atoms with E-state index in [1.165, 1.54) is 0 Å². The lowest BCUT2D eigenvalue weighted by atomic mass is 9.98. The second kappa shape index (κ2) is 6.29. The highest BCUT2D eigenvalue weighted by molar-refractivity contribution is 5.89. The van der Waals surface area contributed by atoms with E-state index in [-0.39, 0.29) is 0 Å². The fourth-order valence-electron chi connectivity index (χ4n) is 1.96. The van der Waals surface area contributed by atoms with Crippen LogP contribution in [0.25, 0.3) is 0 Å². The number of rotatable bonds is 3. The molecule has 0 aromatic heterocycles. The second-order valence-electron chi connectivity index (χ2n) is 4.56. The molecule has 1 aromatic carbocycles. The van der Waals surface area contributed by atoms with Crippen LogP contribution in [0, 0.1) is 0 Å². The van der Waals surface area contributed by atoms with Gasteiger partial charge in [-0.05, 0) is 12.1 Å². The minimum atomic E-state index is -1.35. The van der Waals surface area contributed by atoms with Gasteiger partial charge >= 0.3 is 5.97 Å². The van der Waals surface area contributed by atoms with E-state index in [9.17, 15) is 15.0 Å². The van der Waals surface area contributed by atoms with Crippen LogP contribution in [0.3, 0.4) is 0 Å². The van der Waals surface area contributed by atoms with Crippen molar-refractivity contribution in [2.24, 2.45) is 5.73 Å². The lowest BCUT2D eigenvalue weighted by Crippen LogP contribution is -2.62. The van der Waals surface area contributed by atoms with Gasteiger partial charge in [0.1, 0.15) is 18.3 Å². The summed E-state index contributed by atoms with van der Waals surface area (Å²) in [6.07, 6.45) is -4.98. The molecule has 20 heavy (non-hydrogen) atoms. The Balaban J connectivity index is 2.06. The number of hydrogen-bond donors (Lipinski definition) is 4. The van der Waals surface area contributed by atoms with Crippen LogP contribution in [0.15, 0.2) is 30.3 Å². The van der Waals surface area contributed by atoms with Gasteiger partial charge in [-0.25, -0.2) is 4.79 Å². The van der Waals surface area contributed by atoms with Crippen molar-refractivity contribution in [3.05, 3.63) is 35.9 Å². The van der Waals surface area contributed by atoms with Gasteiger partial charge in [0.15, 0.2) is 0 Å². The maximum atomic E-state index is 11.9. The van der Waals surface area contributed by atoms with Crippen molar-refractivity contribution in [1.82, 2.24) is 0 Å². The summed E-state index contributed by atoms with van der Waals surface area (Å²) in [5, 5.41) is 28.4. The van der Waals surface area contributed by atoms with Gasteiger partial charge in [0, 0.05) is 0 Å². The molecule has 0 amide bonds. The van der Waals surface area contributed by atoms with Crippen molar-refractivity contribution in [3.8, 4) is 0 Å². The van der Waals surface area contributed by atoms with Gasteiger partial charge in [0.05, 0.1) is 18.2 Å². The molecule has 7 heteroatoms. The van der Waals surface area contributed by atoms with Crippen LogP contribution in [0.4, 0.5) is 0 Å². The van der Waals surface area contributed by atoms with E-state index < -0.39 is 43.2 Å². The molecule has 0 saturated carbocycles. The molecular weight excluding hydrogens is 266 g/mol. The highest BCUT2D eigenvalue weighted by Crippen LogP contribution is 2.21. The van der Waals surface area contributed by atoms with Gasteiger partial charge in [0.2, 0.25) is 6.29 Å². The van der Waals surface area contributed by atoms with Crippen molar-refractivity contribution in [1.29, 1.82) is 0 Å². The molecule has 5 N–H and O–H groups in total. The first-order valence-electron chi connectivity index (χ1n) is 6.18. The fourth-order valence-corrected chi connectivity index (χ4v) is 1.96. The van der Waals surface area contributed by atoms with E-state index in [2.05, 4.69) is 0 Å². The lowest BCUT2D eigenvalue weighted by molar-refractivity contribution is -0.248. The first kappa shape index (κ1) is 14.9. The molecule has 0 aliphatic carbocycles. The zero-order valence-corrected chi connectivity index (χ0v) is 10.6. The molecule has 5 atom stereocenters. The number of aliphatic hydroxyl groups excluding tert-OH is 3. The average molecular weight is 283 g/mol. The van der Waals surface area contributed by atoms with Crippen LogP contribution >= 0.6 is 0 Å². The number of benzene rings is 1. The second-order valence-corrected chi connectivity index (χ2v) is 4.56. The lowest BCUT2D eigenvalue weighted by Gasteiger charge is -2.39. The van der Waals surface area contributed by atoms with Crippen LogP contribution in [-0.2, 0) is 9.47 Å². The predicted octanol–water partition coefficient (Wildman–Crippen LogP) is -1.39. The molecule has 2 rings (SSSR count). The first-order valence-corrected chi connectivity index (χ1v) is 6.18. The molecule has 0 radical (unpaired) electrons. The minimum absolute atomic E-state index is 0.310. The van der Waals surface area contributed by atoms with Gasteiger partial charge in [-0.2, -0.15) is 0 Å². The highest BCUT2D eigenvalue weighted by Gasteiger charge is 2.44. The summed E-state index contributed by atoms with van der Waals surface area (Å²) in [5.74, 6) is -0.661. The average Bonchev–Trinajstić information content (AvgIpc) is 2.48. The van der Waals surface area contributed by atoms with Gasteiger partial charge in [-0.15, -0.1) is 0 Å². The maximum absolute atomic E-state index is 11.9. The van der Waals surface area contributed by atoms with E-state index in [0.717, 1.165) is 0 Å². The molecule has 0 bridgehead atoms. The number of nitrogens with two attached hydrogens (primary N) is 1. The Labute approximate surface area is 115 Å². The minimum Gasteiger partial charge on any atom is -0.430 e. The van der Waals surface area contributed by atoms with Gasteiger partial charge < -0.3 is 30.5 Å².